The number of ether oxygens (including phenoxy) is 1. The van der Waals surface area contributed by atoms with Gasteiger partial charge in [0.05, 0.1) is 13.0 Å². The monoisotopic (exact) mass is 235 g/mol. The largest absolute Gasteiger partial charge is 0.466 e. The average molecular weight is 235 g/mol. The van der Waals surface area contributed by atoms with Crippen molar-refractivity contribution in [2.45, 2.75) is 32.7 Å². The number of hydrogen-bond acceptors (Lipinski definition) is 4. The minimum atomic E-state index is -0.735. The first-order valence-electron chi connectivity index (χ1n) is 5.25. The van der Waals surface area contributed by atoms with E-state index in [2.05, 4.69) is 5.32 Å². The van der Waals surface area contributed by atoms with Gasteiger partial charge in [0.15, 0.2) is 0 Å². The lowest BCUT2D eigenvalue weighted by atomic mass is 10.2. The fourth-order valence-electron chi connectivity index (χ4n) is 1.10. The van der Waals surface area contributed by atoms with Crippen LogP contribution in [0.1, 0.15) is 26.7 Å². The molecule has 0 amide bonds. The molecule has 2 unspecified atom stereocenters. The predicted molar refractivity (Wildman–Crippen MR) is 62.3 cm³/mol. The quantitative estimate of drug-likeness (QED) is 0.629. The highest BCUT2D eigenvalue weighted by atomic mass is 32.2. The van der Waals surface area contributed by atoms with Crippen LogP contribution in [0.2, 0.25) is 0 Å². The van der Waals surface area contributed by atoms with Crippen LogP contribution in [0, 0.1) is 0 Å². The van der Waals surface area contributed by atoms with Gasteiger partial charge in [0.1, 0.15) is 0 Å². The van der Waals surface area contributed by atoms with Crippen molar-refractivity contribution in [1.82, 2.24) is 5.32 Å². The molecule has 2 atom stereocenters. The Bertz CT molecular complexity index is 209. The van der Waals surface area contributed by atoms with Crippen LogP contribution in [0.5, 0.6) is 0 Å². The van der Waals surface area contributed by atoms with Crippen LogP contribution in [0.15, 0.2) is 0 Å². The molecule has 5 heteroatoms. The fourth-order valence-corrected chi connectivity index (χ4v) is 1.78. The predicted octanol–water partition coefficient (Wildman–Crippen LogP) is 0.686. The molecule has 0 saturated heterocycles. The molecule has 0 aliphatic carbocycles. The lowest BCUT2D eigenvalue weighted by Gasteiger charge is -2.12. The molecule has 15 heavy (non-hydrogen) atoms. The van der Waals surface area contributed by atoms with Crippen LogP contribution < -0.4 is 5.32 Å². The SMILES string of the molecule is CCOC(=O)CCNC(C)CCS(C)=O. The smallest absolute Gasteiger partial charge is 0.307 e. The Morgan fingerprint density at radius 3 is 2.73 bits per heavy atom. The van der Waals surface area contributed by atoms with Gasteiger partial charge in [0.2, 0.25) is 0 Å². The lowest BCUT2D eigenvalue weighted by Crippen LogP contribution is -2.29. The minimum absolute atomic E-state index is 0.170. The molecule has 0 aliphatic rings. The van der Waals surface area contributed by atoms with Crippen molar-refractivity contribution in [2.75, 3.05) is 25.2 Å². The van der Waals surface area contributed by atoms with E-state index in [1.54, 1.807) is 13.2 Å². The number of carbonyl (C=O) groups excluding carboxylic acids is 1. The molecule has 0 aliphatic heterocycles. The fraction of sp³-hybridized carbons (Fsp3) is 0.900. The van der Waals surface area contributed by atoms with Gasteiger partial charge in [-0.25, -0.2) is 0 Å². The van der Waals surface area contributed by atoms with Crippen LogP contribution in [-0.4, -0.2) is 41.4 Å². The van der Waals surface area contributed by atoms with Crippen molar-refractivity contribution in [3.63, 3.8) is 0 Å². The molecule has 0 heterocycles. The molecule has 0 saturated carbocycles. The van der Waals surface area contributed by atoms with E-state index in [1.807, 2.05) is 6.92 Å². The van der Waals surface area contributed by atoms with Crippen molar-refractivity contribution in [2.24, 2.45) is 0 Å². The van der Waals surface area contributed by atoms with Crippen molar-refractivity contribution in [1.29, 1.82) is 0 Å². The normalized spacial score (nSPS) is 14.6. The summed E-state index contributed by atoms with van der Waals surface area (Å²) in [6, 6.07) is 0.295. The van der Waals surface area contributed by atoms with Crippen molar-refractivity contribution in [3.8, 4) is 0 Å². The maximum atomic E-state index is 11.0. The van der Waals surface area contributed by atoms with Gasteiger partial charge in [-0.05, 0) is 20.3 Å². The van der Waals surface area contributed by atoms with Crippen LogP contribution in [0.25, 0.3) is 0 Å². The summed E-state index contributed by atoms with van der Waals surface area (Å²) in [4.78, 5) is 11.0. The maximum Gasteiger partial charge on any atom is 0.307 e. The zero-order valence-corrected chi connectivity index (χ0v) is 10.6. The number of esters is 1. The van der Waals surface area contributed by atoms with E-state index in [0.29, 0.717) is 31.4 Å². The van der Waals surface area contributed by atoms with Gasteiger partial charge in [-0.2, -0.15) is 0 Å². The van der Waals surface area contributed by atoms with Gasteiger partial charge in [-0.1, -0.05) is 0 Å². The molecule has 90 valence electrons. The molecule has 0 aromatic heterocycles. The van der Waals surface area contributed by atoms with E-state index in [9.17, 15) is 9.00 Å². The van der Waals surface area contributed by atoms with Gasteiger partial charge in [-0.15, -0.1) is 0 Å². The van der Waals surface area contributed by atoms with E-state index >= 15 is 0 Å². The Morgan fingerprint density at radius 2 is 2.20 bits per heavy atom. The third-order valence-corrected chi connectivity index (χ3v) is 2.78. The molecule has 0 fully saturated rings. The Labute approximate surface area is 94.2 Å². The van der Waals surface area contributed by atoms with Crippen molar-refractivity contribution < 1.29 is 13.7 Å². The van der Waals surface area contributed by atoms with Crippen molar-refractivity contribution in [3.05, 3.63) is 0 Å². The molecular formula is C10H21NO3S. The molecule has 0 aromatic rings. The summed E-state index contributed by atoms with van der Waals surface area (Å²) < 4.78 is 15.6. The molecule has 0 spiro atoms. The summed E-state index contributed by atoms with van der Waals surface area (Å²) in [6.07, 6.45) is 2.96. The molecule has 4 nitrogen and oxygen atoms in total. The Morgan fingerprint density at radius 1 is 1.53 bits per heavy atom. The second kappa shape index (κ2) is 8.85. The first-order valence-corrected chi connectivity index (χ1v) is 6.98. The van der Waals surface area contributed by atoms with Crippen molar-refractivity contribution >= 4 is 16.8 Å². The van der Waals surface area contributed by atoms with Crippen LogP contribution in [0.4, 0.5) is 0 Å². The second-order valence-corrected chi connectivity index (χ2v) is 5.03. The number of rotatable bonds is 8. The molecular weight excluding hydrogens is 214 g/mol. The standard InChI is InChI=1S/C10H21NO3S/c1-4-14-10(12)5-7-11-9(2)6-8-15(3)13/h9,11H,4-8H2,1-3H3. The second-order valence-electron chi connectivity index (χ2n) is 3.48. The third-order valence-electron chi connectivity index (χ3n) is 1.97. The summed E-state index contributed by atoms with van der Waals surface area (Å²) in [5.41, 5.74) is 0. The van der Waals surface area contributed by atoms with Gasteiger partial charge in [0, 0.05) is 35.4 Å². The summed E-state index contributed by atoms with van der Waals surface area (Å²) >= 11 is 0. The molecule has 1 N–H and O–H groups in total. The Kier molecular flexibility index (Phi) is 8.61. The Balaban J connectivity index is 3.41. The maximum absolute atomic E-state index is 11.0. The van der Waals surface area contributed by atoms with E-state index < -0.39 is 10.8 Å². The number of carbonyl (C=O) groups is 1. The van der Waals surface area contributed by atoms with E-state index in [0.717, 1.165) is 6.42 Å². The topological polar surface area (TPSA) is 55.4 Å². The van der Waals surface area contributed by atoms with Gasteiger partial charge < -0.3 is 10.1 Å². The van der Waals surface area contributed by atoms with Gasteiger partial charge >= 0.3 is 5.97 Å². The summed E-state index contributed by atoms with van der Waals surface area (Å²) in [5, 5.41) is 3.19. The third kappa shape index (κ3) is 9.87. The Hall–Kier alpha value is -0.420. The van der Waals surface area contributed by atoms with E-state index in [-0.39, 0.29) is 5.97 Å². The first kappa shape index (κ1) is 14.6. The van der Waals surface area contributed by atoms with E-state index in [4.69, 9.17) is 4.74 Å². The van der Waals surface area contributed by atoms with Gasteiger partial charge in [0.25, 0.3) is 0 Å². The van der Waals surface area contributed by atoms with Crippen LogP contribution in [0.3, 0.4) is 0 Å². The minimum Gasteiger partial charge on any atom is -0.466 e. The molecule has 0 rings (SSSR count). The zero-order chi connectivity index (χ0) is 11.7. The summed E-state index contributed by atoms with van der Waals surface area (Å²) in [7, 11) is -0.735. The molecule has 0 radical (unpaired) electrons. The van der Waals surface area contributed by atoms with Crippen LogP contribution >= 0.6 is 0 Å². The summed E-state index contributed by atoms with van der Waals surface area (Å²) in [6.45, 7) is 4.88. The van der Waals surface area contributed by atoms with Crippen LogP contribution in [-0.2, 0) is 20.3 Å². The molecule has 0 bridgehead atoms. The summed E-state index contributed by atoms with van der Waals surface area (Å²) in [5.74, 6) is 0.532. The molecule has 0 aromatic carbocycles. The van der Waals surface area contributed by atoms with Gasteiger partial charge in [-0.3, -0.25) is 9.00 Å². The average Bonchev–Trinajstić information content (AvgIpc) is 2.15. The highest BCUT2D eigenvalue weighted by Gasteiger charge is 2.05. The zero-order valence-electron chi connectivity index (χ0n) is 9.75. The van der Waals surface area contributed by atoms with E-state index in [1.165, 1.54) is 0 Å². The highest BCUT2D eigenvalue weighted by molar-refractivity contribution is 7.84. The number of nitrogens with one attached hydrogen (secondary N) is 1. The lowest BCUT2D eigenvalue weighted by molar-refractivity contribution is -0.142. The number of hydrogen-bond donors (Lipinski definition) is 1. The first-order chi connectivity index (χ1) is 7.06. The highest BCUT2D eigenvalue weighted by Crippen LogP contribution is 1.93.